The number of nitrogens with zero attached hydrogens (tertiary/aromatic N) is 5. The summed E-state index contributed by atoms with van der Waals surface area (Å²) in [5, 5.41) is 1.04. The third kappa shape index (κ3) is 4.47. The minimum absolute atomic E-state index is 0.0320. The van der Waals surface area contributed by atoms with Gasteiger partial charge in [0, 0.05) is 34.8 Å². The third-order valence-corrected chi connectivity index (χ3v) is 4.36. The first kappa shape index (κ1) is 19.8. The first-order valence-corrected chi connectivity index (χ1v) is 9.44. The molecule has 5 heteroatoms. The van der Waals surface area contributed by atoms with Crippen molar-refractivity contribution in [2.24, 2.45) is 0 Å². The van der Waals surface area contributed by atoms with E-state index in [1.54, 1.807) is 12.5 Å². The average molecular weight is 374 g/mol. The summed E-state index contributed by atoms with van der Waals surface area (Å²) in [5.74, 6) is 0. The molecule has 0 fully saturated rings. The van der Waals surface area contributed by atoms with Crippen LogP contribution in [-0.4, -0.2) is 24.9 Å². The maximum absolute atomic E-state index is 4.58. The molecule has 3 heterocycles. The minimum Gasteiger partial charge on any atom is -0.260 e. The fourth-order valence-corrected chi connectivity index (χ4v) is 2.82. The van der Waals surface area contributed by atoms with Gasteiger partial charge in [-0.1, -0.05) is 53.7 Å². The summed E-state index contributed by atoms with van der Waals surface area (Å²) < 4.78 is 0. The SMILES string of the molecule is CC(C)(C)c1cnc2ccccc2n1.CC(C)(C)c1nccc2ncncc12. The van der Waals surface area contributed by atoms with E-state index in [2.05, 4.69) is 66.5 Å². The zero-order valence-corrected chi connectivity index (χ0v) is 17.4. The maximum atomic E-state index is 4.58. The van der Waals surface area contributed by atoms with Crippen molar-refractivity contribution >= 4 is 21.9 Å². The van der Waals surface area contributed by atoms with Crippen LogP contribution in [0.4, 0.5) is 0 Å². The van der Waals surface area contributed by atoms with Crippen molar-refractivity contribution in [1.29, 1.82) is 0 Å². The molecule has 28 heavy (non-hydrogen) atoms. The van der Waals surface area contributed by atoms with Crippen LogP contribution >= 0.6 is 0 Å². The van der Waals surface area contributed by atoms with Gasteiger partial charge in [-0.05, 0) is 18.2 Å². The zero-order chi connectivity index (χ0) is 20.4. The van der Waals surface area contributed by atoms with Gasteiger partial charge in [0.05, 0.1) is 27.9 Å². The topological polar surface area (TPSA) is 64.5 Å². The molecule has 0 N–H and O–H groups in total. The second-order valence-electron chi connectivity index (χ2n) is 8.86. The fraction of sp³-hybridized carbons (Fsp3) is 0.348. The van der Waals surface area contributed by atoms with Gasteiger partial charge in [0.1, 0.15) is 6.33 Å². The van der Waals surface area contributed by atoms with Gasteiger partial charge in [-0.25, -0.2) is 15.0 Å². The lowest BCUT2D eigenvalue weighted by atomic mass is 9.89. The molecule has 3 aromatic heterocycles. The molecule has 5 nitrogen and oxygen atoms in total. The lowest BCUT2D eigenvalue weighted by molar-refractivity contribution is 0.568. The highest BCUT2D eigenvalue weighted by atomic mass is 14.8. The van der Waals surface area contributed by atoms with Crippen molar-refractivity contribution in [2.75, 3.05) is 0 Å². The lowest BCUT2D eigenvalue weighted by Gasteiger charge is -2.18. The number of aromatic nitrogens is 5. The highest BCUT2D eigenvalue weighted by Gasteiger charge is 2.18. The van der Waals surface area contributed by atoms with E-state index in [1.165, 1.54) is 0 Å². The Bertz CT molecular complexity index is 1080. The smallest absolute Gasteiger partial charge is 0.116 e. The van der Waals surface area contributed by atoms with Crippen molar-refractivity contribution in [1.82, 2.24) is 24.9 Å². The Kier molecular flexibility index (Phi) is 5.36. The van der Waals surface area contributed by atoms with Crippen LogP contribution < -0.4 is 0 Å². The number of pyridine rings is 1. The Morgan fingerprint density at radius 3 is 2.07 bits per heavy atom. The van der Waals surface area contributed by atoms with E-state index in [0.717, 1.165) is 33.3 Å². The molecule has 0 aliphatic heterocycles. The van der Waals surface area contributed by atoms with Gasteiger partial charge in [-0.3, -0.25) is 9.97 Å². The fourth-order valence-electron chi connectivity index (χ4n) is 2.82. The molecular formula is C23H27N5. The molecular weight excluding hydrogens is 346 g/mol. The van der Waals surface area contributed by atoms with Crippen LogP contribution in [0.1, 0.15) is 52.9 Å². The summed E-state index contributed by atoms with van der Waals surface area (Å²) in [4.78, 5) is 21.6. The van der Waals surface area contributed by atoms with Gasteiger partial charge < -0.3 is 0 Å². The minimum atomic E-state index is 0.0320. The number of fused-ring (bicyclic) bond motifs is 2. The molecule has 0 bridgehead atoms. The van der Waals surface area contributed by atoms with Crippen molar-refractivity contribution < 1.29 is 0 Å². The Morgan fingerprint density at radius 2 is 1.39 bits per heavy atom. The predicted octanol–water partition coefficient (Wildman–Crippen LogP) is 5.25. The average Bonchev–Trinajstić information content (AvgIpc) is 2.66. The molecule has 0 aliphatic rings. The number of benzene rings is 1. The number of hydrogen-bond acceptors (Lipinski definition) is 5. The first-order valence-electron chi connectivity index (χ1n) is 9.44. The largest absolute Gasteiger partial charge is 0.260 e. The van der Waals surface area contributed by atoms with Crippen molar-refractivity contribution in [2.45, 2.75) is 52.4 Å². The molecule has 4 aromatic rings. The third-order valence-electron chi connectivity index (χ3n) is 4.36. The molecule has 0 radical (unpaired) electrons. The maximum Gasteiger partial charge on any atom is 0.116 e. The Morgan fingerprint density at radius 1 is 0.679 bits per heavy atom. The summed E-state index contributed by atoms with van der Waals surface area (Å²) in [6.45, 7) is 12.9. The first-order chi connectivity index (χ1) is 13.2. The van der Waals surface area contributed by atoms with Crippen LogP contribution in [0.15, 0.2) is 55.2 Å². The standard InChI is InChI=1S/C12H14N2.C11H13N3/c1-12(2,3)11-8-13-9-6-4-5-7-10(9)14-11;1-11(2,3)10-8-6-12-7-14-9(8)4-5-13-10/h4-8H,1-3H3;4-7H,1-3H3. The Balaban J connectivity index is 0.000000161. The Hall–Kier alpha value is -2.95. The molecule has 0 saturated carbocycles. The lowest BCUT2D eigenvalue weighted by Crippen LogP contribution is -2.14. The highest BCUT2D eigenvalue weighted by molar-refractivity contribution is 5.80. The monoisotopic (exact) mass is 373 g/mol. The number of hydrogen-bond donors (Lipinski definition) is 0. The van der Waals surface area contributed by atoms with Crippen LogP contribution in [0.3, 0.4) is 0 Å². The number of rotatable bonds is 0. The number of para-hydroxylation sites is 2. The van der Waals surface area contributed by atoms with Crippen molar-refractivity contribution in [3.05, 3.63) is 66.6 Å². The van der Waals surface area contributed by atoms with Gasteiger partial charge in [0.15, 0.2) is 0 Å². The summed E-state index contributed by atoms with van der Waals surface area (Å²) in [6, 6.07) is 9.86. The van der Waals surface area contributed by atoms with Crippen LogP contribution in [-0.2, 0) is 10.8 Å². The molecule has 0 atom stereocenters. The van der Waals surface area contributed by atoms with E-state index in [9.17, 15) is 0 Å². The summed E-state index contributed by atoms with van der Waals surface area (Å²) >= 11 is 0. The van der Waals surface area contributed by atoms with E-state index in [1.807, 2.05) is 42.7 Å². The van der Waals surface area contributed by atoms with Gasteiger partial charge in [0.25, 0.3) is 0 Å². The Labute approximate surface area is 166 Å². The molecule has 0 aliphatic carbocycles. The van der Waals surface area contributed by atoms with Crippen LogP contribution in [0.25, 0.3) is 21.9 Å². The molecule has 0 spiro atoms. The van der Waals surface area contributed by atoms with E-state index in [0.29, 0.717) is 0 Å². The van der Waals surface area contributed by atoms with Crippen LogP contribution in [0, 0.1) is 0 Å². The van der Waals surface area contributed by atoms with Gasteiger partial charge in [-0.15, -0.1) is 0 Å². The quantitative estimate of drug-likeness (QED) is 0.421. The van der Waals surface area contributed by atoms with Gasteiger partial charge in [-0.2, -0.15) is 0 Å². The second kappa shape index (κ2) is 7.58. The summed E-state index contributed by atoms with van der Waals surface area (Å²) in [6.07, 6.45) is 7.06. The highest BCUT2D eigenvalue weighted by Crippen LogP contribution is 2.26. The molecule has 4 rings (SSSR count). The summed E-state index contributed by atoms with van der Waals surface area (Å²) in [7, 11) is 0. The van der Waals surface area contributed by atoms with E-state index < -0.39 is 0 Å². The zero-order valence-electron chi connectivity index (χ0n) is 17.4. The molecule has 0 saturated heterocycles. The van der Waals surface area contributed by atoms with Crippen molar-refractivity contribution in [3.8, 4) is 0 Å². The van der Waals surface area contributed by atoms with E-state index in [-0.39, 0.29) is 10.8 Å². The summed E-state index contributed by atoms with van der Waals surface area (Å²) in [5.41, 5.74) is 5.08. The molecule has 1 aromatic carbocycles. The normalized spacial score (nSPS) is 11.9. The van der Waals surface area contributed by atoms with Crippen LogP contribution in [0.5, 0.6) is 0 Å². The van der Waals surface area contributed by atoms with Crippen molar-refractivity contribution in [3.63, 3.8) is 0 Å². The van der Waals surface area contributed by atoms with Crippen LogP contribution in [0.2, 0.25) is 0 Å². The second-order valence-corrected chi connectivity index (χ2v) is 8.86. The van der Waals surface area contributed by atoms with Gasteiger partial charge >= 0.3 is 0 Å². The van der Waals surface area contributed by atoms with E-state index >= 15 is 0 Å². The molecule has 0 amide bonds. The van der Waals surface area contributed by atoms with E-state index in [4.69, 9.17) is 0 Å². The molecule has 0 unspecified atom stereocenters. The predicted molar refractivity (Wildman–Crippen MR) is 114 cm³/mol. The molecule has 144 valence electrons. The van der Waals surface area contributed by atoms with Gasteiger partial charge in [0.2, 0.25) is 0 Å².